The van der Waals surface area contributed by atoms with Gasteiger partial charge in [-0.15, -0.1) is 17.5 Å². The van der Waals surface area contributed by atoms with Gasteiger partial charge >= 0.3 is 0 Å². The predicted molar refractivity (Wildman–Crippen MR) is 134 cm³/mol. The van der Waals surface area contributed by atoms with Crippen LogP contribution in [0.1, 0.15) is 46.8 Å². The van der Waals surface area contributed by atoms with E-state index in [1.807, 2.05) is 24.3 Å². The molecule has 8 heteroatoms. The van der Waals surface area contributed by atoms with Crippen molar-refractivity contribution in [1.29, 1.82) is 0 Å². The van der Waals surface area contributed by atoms with Crippen molar-refractivity contribution in [2.24, 2.45) is 21.7 Å². The van der Waals surface area contributed by atoms with E-state index < -0.39 is 0 Å². The Bertz CT molecular complexity index is 1120. The molecule has 0 amide bonds. The zero-order chi connectivity index (χ0) is 21.8. The molecule has 168 valence electrons. The van der Waals surface area contributed by atoms with E-state index in [2.05, 4.69) is 52.1 Å². The SMILES string of the molecule is Cc1c2c(nn1CCCc1ccccc1)CC(c1ccccc1Cl)C/C2=N/N=C(N)N.Cl. The maximum atomic E-state index is 6.49. The summed E-state index contributed by atoms with van der Waals surface area (Å²) in [5.41, 5.74) is 17.6. The Kier molecular flexibility index (Phi) is 7.94. The van der Waals surface area contributed by atoms with Crippen LogP contribution in [-0.4, -0.2) is 21.5 Å². The molecular weight excluding hydrogens is 443 g/mol. The third kappa shape index (κ3) is 5.31. The average Bonchev–Trinajstić information content (AvgIpc) is 3.08. The van der Waals surface area contributed by atoms with Gasteiger partial charge in [0.15, 0.2) is 0 Å². The van der Waals surface area contributed by atoms with Crippen LogP contribution in [0.3, 0.4) is 0 Å². The zero-order valence-electron chi connectivity index (χ0n) is 18.0. The second-order valence-corrected chi connectivity index (χ2v) is 8.32. The summed E-state index contributed by atoms with van der Waals surface area (Å²) in [4.78, 5) is 0. The van der Waals surface area contributed by atoms with E-state index in [1.54, 1.807) is 0 Å². The van der Waals surface area contributed by atoms with Crippen molar-refractivity contribution in [2.45, 2.75) is 45.1 Å². The third-order valence-electron chi connectivity index (χ3n) is 5.76. The van der Waals surface area contributed by atoms with Gasteiger partial charge in [-0.2, -0.15) is 10.2 Å². The van der Waals surface area contributed by atoms with Crippen LogP contribution in [0.25, 0.3) is 0 Å². The van der Waals surface area contributed by atoms with E-state index in [0.29, 0.717) is 6.42 Å². The molecule has 1 aliphatic rings. The first-order valence-corrected chi connectivity index (χ1v) is 10.9. The molecule has 1 heterocycles. The minimum absolute atomic E-state index is 0. The fourth-order valence-electron chi connectivity index (χ4n) is 4.30. The number of rotatable bonds is 6. The van der Waals surface area contributed by atoms with Crippen LogP contribution >= 0.6 is 24.0 Å². The molecule has 4 N–H and O–H groups in total. The quantitative estimate of drug-likeness (QED) is 0.312. The highest BCUT2D eigenvalue weighted by molar-refractivity contribution is 6.31. The molecule has 2 aromatic carbocycles. The molecule has 32 heavy (non-hydrogen) atoms. The van der Waals surface area contributed by atoms with Crippen molar-refractivity contribution in [3.8, 4) is 0 Å². The van der Waals surface area contributed by atoms with E-state index in [-0.39, 0.29) is 24.3 Å². The second kappa shape index (κ2) is 10.7. The van der Waals surface area contributed by atoms with Crippen LogP contribution in [0, 0.1) is 6.92 Å². The normalized spacial score (nSPS) is 16.3. The molecule has 4 rings (SSSR count). The van der Waals surface area contributed by atoms with Gasteiger partial charge in [-0.25, -0.2) is 0 Å². The summed E-state index contributed by atoms with van der Waals surface area (Å²) >= 11 is 6.49. The molecule has 1 aliphatic carbocycles. The molecule has 1 unspecified atom stereocenters. The van der Waals surface area contributed by atoms with Gasteiger partial charge in [0.2, 0.25) is 5.96 Å². The Labute approximate surface area is 199 Å². The number of aryl methyl sites for hydroxylation is 2. The summed E-state index contributed by atoms with van der Waals surface area (Å²) in [7, 11) is 0. The first-order chi connectivity index (χ1) is 15.0. The highest BCUT2D eigenvalue weighted by Gasteiger charge is 2.31. The molecule has 0 fully saturated rings. The molecule has 0 saturated heterocycles. The lowest BCUT2D eigenvalue weighted by molar-refractivity contribution is 0.555. The minimum Gasteiger partial charge on any atom is -0.369 e. The maximum Gasteiger partial charge on any atom is 0.211 e. The molecule has 1 aromatic heterocycles. The number of aromatic nitrogens is 2. The van der Waals surface area contributed by atoms with Gasteiger partial charge in [0.1, 0.15) is 0 Å². The highest BCUT2D eigenvalue weighted by atomic mass is 35.5. The number of hydrogen-bond acceptors (Lipinski definition) is 3. The molecule has 1 atom stereocenters. The molecule has 0 bridgehead atoms. The first-order valence-electron chi connectivity index (χ1n) is 10.5. The van der Waals surface area contributed by atoms with Gasteiger partial charge in [0.25, 0.3) is 0 Å². The van der Waals surface area contributed by atoms with Crippen molar-refractivity contribution in [3.05, 3.63) is 87.7 Å². The summed E-state index contributed by atoms with van der Waals surface area (Å²) in [6.07, 6.45) is 3.55. The number of benzene rings is 2. The fraction of sp³-hybridized carbons (Fsp3) is 0.292. The number of halogens is 2. The van der Waals surface area contributed by atoms with E-state index in [0.717, 1.165) is 59.1 Å². The number of nitrogens with two attached hydrogens (primary N) is 2. The number of fused-ring (bicyclic) bond motifs is 1. The van der Waals surface area contributed by atoms with Crippen LogP contribution in [0.15, 0.2) is 64.8 Å². The van der Waals surface area contributed by atoms with Crippen LogP contribution in [-0.2, 0) is 19.4 Å². The third-order valence-corrected chi connectivity index (χ3v) is 6.10. The Hall–Kier alpha value is -2.83. The van der Waals surface area contributed by atoms with Gasteiger partial charge in [0.05, 0.1) is 11.4 Å². The van der Waals surface area contributed by atoms with Crippen LogP contribution in [0.5, 0.6) is 0 Å². The summed E-state index contributed by atoms with van der Waals surface area (Å²) in [5, 5.41) is 14.0. The Morgan fingerprint density at radius 3 is 2.53 bits per heavy atom. The summed E-state index contributed by atoms with van der Waals surface area (Å²) < 4.78 is 2.09. The number of hydrogen-bond donors (Lipinski definition) is 2. The van der Waals surface area contributed by atoms with Crippen molar-refractivity contribution in [3.63, 3.8) is 0 Å². The van der Waals surface area contributed by atoms with Crippen molar-refractivity contribution < 1.29 is 0 Å². The number of nitrogens with zero attached hydrogens (tertiary/aromatic N) is 4. The maximum absolute atomic E-state index is 6.49. The lowest BCUT2D eigenvalue weighted by Gasteiger charge is -2.24. The molecule has 0 saturated carbocycles. The Morgan fingerprint density at radius 2 is 1.81 bits per heavy atom. The van der Waals surface area contributed by atoms with Gasteiger partial charge in [-0.05, 0) is 55.7 Å². The smallest absolute Gasteiger partial charge is 0.211 e. The van der Waals surface area contributed by atoms with Crippen LogP contribution < -0.4 is 11.5 Å². The van der Waals surface area contributed by atoms with Crippen LogP contribution in [0.4, 0.5) is 0 Å². The highest BCUT2D eigenvalue weighted by Crippen LogP contribution is 2.37. The van der Waals surface area contributed by atoms with Gasteiger partial charge in [-0.3, -0.25) is 4.68 Å². The van der Waals surface area contributed by atoms with E-state index in [9.17, 15) is 0 Å². The lowest BCUT2D eigenvalue weighted by Crippen LogP contribution is -2.23. The van der Waals surface area contributed by atoms with Gasteiger partial charge < -0.3 is 11.5 Å². The molecule has 3 aromatic rings. The predicted octanol–water partition coefficient (Wildman–Crippen LogP) is 4.61. The fourth-order valence-corrected chi connectivity index (χ4v) is 4.59. The van der Waals surface area contributed by atoms with Gasteiger partial charge in [-0.1, -0.05) is 60.1 Å². The second-order valence-electron chi connectivity index (χ2n) is 7.92. The first kappa shape index (κ1) is 23.8. The molecular formula is C24H28Cl2N6. The number of guanidine groups is 1. The average molecular weight is 471 g/mol. The Morgan fingerprint density at radius 1 is 1.09 bits per heavy atom. The zero-order valence-corrected chi connectivity index (χ0v) is 19.6. The lowest BCUT2D eigenvalue weighted by atomic mass is 9.81. The molecule has 0 aliphatic heterocycles. The standard InChI is InChI=1S/C24H27ClN6.ClH/c1-16-23-21(28-29-24(26)27)14-18(19-11-5-6-12-20(19)25)15-22(23)30-31(16)13-7-10-17-8-3-2-4-9-17;/h2-6,8-9,11-12,18H,7,10,13-15H2,1H3,(H4,26,27,29);1H/b28-21-;. The topological polar surface area (TPSA) is 94.6 Å². The van der Waals surface area contributed by atoms with E-state index >= 15 is 0 Å². The molecule has 0 spiro atoms. The van der Waals surface area contributed by atoms with E-state index in [4.69, 9.17) is 28.2 Å². The summed E-state index contributed by atoms with van der Waals surface area (Å²) in [6.45, 7) is 2.94. The van der Waals surface area contributed by atoms with Crippen LogP contribution in [0.2, 0.25) is 5.02 Å². The Balaban J connectivity index is 0.00000289. The molecule has 0 radical (unpaired) electrons. The largest absolute Gasteiger partial charge is 0.369 e. The van der Waals surface area contributed by atoms with E-state index in [1.165, 1.54) is 5.56 Å². The van der Waals surface area contributed by atoms with Crippen molar-refractivity contribution in [1.82, 2.24) is 9.78 Å². The monoisotopic (exact) mass is 470 g/mol. The summed E-state index contributed by atoms with van der Waals surface area (Å²) in [5.74, 6) is 0.128. The van der Waals surface area contributed by atoms with Crippen molar-refractivity contribution >= 4 is 35.7 Å². The van der Waals surface area contributed by atoms with Crippen molar-refractivity contribution in [2.75, 3.05) is 0 Å². The minimum atomic E-state index is -0.0539. The molecule has 6 nitrogen and oxygen atoms in total. The summed E-state index contributed by atoms with van der Waals surface area (Å²) in [6, 6.07) is 18.5. The van der Waals surface area contributed by atoms with Gasteiger partial charge in [0, 0.05) is 22.8 Å².